The van der Waals surface area contributed by atoms with Gasteiger partial charge in [0.25, 0.3) is 0 Å². The van der Waals surface area contributed by atoms with Crippen LogP contribution in [-0.2, 0) is 14.3 Å². The minimum Gasteiger partial charge on any atom is -0.464 e. The summed E-state index contributed by atoms with van der Waals surface area (Å²) in [7, 11) is 0. The van der Waals surface area contributed by atoms with Crippen LogP contribution in [0.1, 0.15) is 59.3 Å². The van der Waals surface area contributed by atoms with Crippen LogP contribution in [-0.4, -0.2) is 24.5 Å². The molecule has 4 heteroatoms. The van der Waals surface area contributed by atoms with Gasteiger partial charge in [0.15, 0.2) is 0 Å². The van der Waals surface area contributed by atoms with E-state index in [2.05, 4.69) is 12.2 Å². The van der Waals surface area contributed by atoms with E-state index in [0.717, 1.165) is 32.1 Å². The lowest BCUT2D eigenvalue weighted by Crippen LogP contribution is -2.40. The Kier molecular flexibility index (Phi) is 9.49. The number of hydrogen-bond acceptors (Lipinski definition) is 3. The van der Waals surface area contributed by atoms with Crippen LogP contribution in [0.15, 0.2) is 0 Å². The van der Waals surface area contributed by atoms with Crippen LogP contribution >= 0.6 is 0 Å². The highest BCUT2D eigenvalue weighted by Crippen LogP contribution is 2.07. The van der Waals surface area contributed by atoms with Crippen LogP contribution in [0, 0.1) is 0 Å². The number of hydrogen-bond donors (Lipinski definition) is 1. The first-order valence-corrected chi connectivity index (χ1v) is 6.55. The van der Waals surface area contributed by atoms with Crippen molar-refractivity contribution in [2.75, 3.05) is 6.61 Å². The summed E-state index contributed by atoms with van der Waals surface area (Å²) in [5.41, 5.74) is 0. The van der Waals surface area contributed by atoms with Gasteiger partial charge < -0.3 is 10.1 Å². The highest BCUT2D eigenvalue weighted by molar-refractivity contribution is 5.83. The summed E-state index contributed by atoms with van der Waals surface area (Å²) in [6.07, 6.45) is 5.83. The van der Waals surface area contributed by atoms with Gasteiger partial charge in [-0.05, 0) is 12.8 Å². The van der Waals surface area contributed by atoms with Crippen LogP contribution < -0.4 is 5.32 Å². The number of ether oxygens (including phenoxy) is 1. The molecule has 0 saturated heterocycles. The highest BCUT2D eigenvalue weighted by Gasteiger charge is 2.19. The van der Waals surface area contributed by atoms with Crippen LogP contribution in [0.3, 0.4) is 0 Å². The molecule has 0 aromatic heterocycles. The fourth-order valence-electron chi connectivity index (χ4n) is 1.57. The summed E-state index contributed by atoms with van der Waals surface area (Å²) in [5, 5.41) is 2.65. The Morgan fingerprint density at radius 1 is 1.12 bits per heavy atom. The molecule has 0 fully saturated rings. The highest BCUT2D eigenvalue weighted by atomic mass is 16.5. The van der Waals surface area contributed by atoms with E-state index < -0.39 is 6.04 Å². The molecule has 0 aromatic carbocycles. The summed E-state index contributed by atoms with van der Waals surface area (Å²) in [5.74, 6) is -0.488. The standard InChI is InChI=1S/C13H25NO3/c1-4-6-7-8-9-12(14-11(3)15)13(16)17-10-5-2/h12H,4-10H2,1-3H3,(H,14,15). The summed E-state index contributed by atoms with van der Waals surface area (Å²) >= 11 is 0. The van der Waals surface area contributed by atoms with Crippen LogP contribution in [0.2, 0.25) is 0 Å². The second-order valence-electron chi connectivity index (χ2n) is 4.27. The van der Waals surface area contributed by atoms with Gasteiger partial charge >= 0.3 is 5.97 Å². The molecular weight excluding hydrogens is 218 g/mol. The third-order valence-electron chi connectivity index (χ3n) is 2.46. The molecule has 0 spiro atoms. The van der Waals surface area contributed by atoms with Crippen molar-refractivity contribution in [1.29, 1.82) is 0 Å². The van der Waals surface area contributed by atoms with Crippen LogP contribution in [0.4, 0.5) is 0 Å². The maximum atomic E-state index is 11.7. The molecule has 100 valence electrons. The minimum atomic E-state index is -0.476. The normalized spacial score (nSPS) is 11.9. The van der Waals surface area contributed by atoms with E-state index in [1.807, 2.05) is 6.92 Å². The Balaban J connectivity index is 4.03. The summed E-state index contributed by atoms with van der Waals surface area (Å²) in [6.45, 7) is 5.93. The molecule has 17 heavy (non-hydrogen) atoms. The van der Waals surface area contributed by atoms with Crippen molar-refractivity contribution >= 4 is 11.9 Å². The van der Waals surface area contributed by atoms with Crippen molar-refractivity contribution < 1.29 is 14.3 Å². The molecular formula is C13H25NO3. The van der Waals surface area contributed by atoms with Crippen molar-refractivity contribution in [1.82, 2.24) is 5.32 Å². The van der Waals surface area contributed by atoms with E-state index in [-0.39, 0.29) is 11.9 Å². The average molecular weight is 243 g/mol. The second kappa shape index (κ2) is 10.1. The minimum absolute atomic E-state index is 0.182. The fourth-order valence-corrected chi connectivity index (χ4v) is 1.57. The van der Waals surface area contributed by atoms with Gasteiger partial charge in [-0.3, -0.25) is 4.79 Å². The molecule has 0 bridgehead atoms. The largest absolute Gasteiger partial charge is 0.464 e. The summed E-state index contributed by atoms with van der Waals surface area (Å²) in [6, 6.07) is -0.476. The van der Waals surface area contributed by atoms with Crippen molar-refractivity contribution in [3.8, 4) is 0 Å². The zero-order valence-corrected chi connectivity index (χ0v) is 11.3. The zero-order chi connectivity index (χ0) is 13.1. The Morgan fingerprint density at radius 3 is 2.35 bits per heavy atom. The lowest BCUT2D eigenvalue weighted by molar-refractivity contribution is -0.148. The monoisotopic (exact) mass is 243 g/mol. The Bertz CT molecular complexity index is 229. The Labute approximate surface area is 104 Å². The number of carbonyl (C=O) groups is 2. The summed E-state index contributed by atoms with van der Waals surface area (Å²) < 4.78 is 5.06. The molecule has 1 unspecified atom stereocenters. The summed E-state index contributed by atoms with van der Waals surface area (Å²) in [4.78, 5) is 22.7. The molecule has 0 aromatic rings. The molecule has 1 atom stereocenters. The molecule has 1 N–H and O–H groups in total. The number of carbonyl (C=O) groups excluding carboxylic acids is 2. The van der Waals surface area contributed by atoms with E-state index >= 15 is 0 Å². The molecule has 0 aliphatic carbocycles. The second-order valence-corrected chi connectivity index (χ2v) is 4.27. The van der Waals surface area contributed by atoms with E-state index in [9.17, 15) is 9.59 Å². The van der Waals surface area contributed by atoms with Crippen molar-refractivity contribution in [2.24, 2.45) is 0 Å². The Morgan fingerprint density at radius 2 is 1.82 bits per heavy atom. The van der Waals surface area contributed by atoms with Gasteiger partial charge in [0.2, 0.25) is 5.91 Å². The maximum Gasteiger partial charge on any atom is 0.328 e. The first kappa shape index (κ1) is 15.9. The molecule has 0 aliphatic rings. The smallest absolute Gasteiger partial charge is 0.328 e. The van der Waals surface area contributed by atoms with Gasteiger partial charge in [-0.2, -0.15) is 0 Å². The van der Waals surface area contributed by atoms with Crippen molar-refractivity contribution in [2.45, 2.75) is 65.3 Å². The SMILES string of the molecule is CCCCCCC(NC(C)=O)C(=O)OCCC. The van der Waals surface area contributed by atoms with Gasteiger partial charge in [-0.25, -0.2) is 4.79 Å². The molecule has 0 rings (SSSR count). The molecule has 4 nitrogen and oxygen atoms in total. The first-order chi connectivity index (χ1) is 8.11. The van der Waals surface area contributed by atoms with Gasteiger partial charge in [0, 0.05) is 6.92 Å². The van der Waals surface area contributed by atoms with Crippen molar-refractivity contribution in [3.05, 3.63) is 0 Å². The number of unbranched alkanes of at least 4 members (excludes halogenated alkanes) is 3. The number of rotatable bonds is 9. The maximum absolute atomic E-state index is 11.7. The predicted molar refractivity (Wildman–Crippen MR) is 67.6 cm³/mol. The van der Waals surface area contributed by atoms with Crippen molar-refractivity contribution in [3.63, 3.8) is 0 Å². The van der Waals surface area contributed by atoms with E-state index in [1.54, 1.807) is 0 Å². The quantitative estimate of drug-likeness (QED) is 0.500. The van der Waals surface area contributed by atoms with Gasteiger partial charge in [-0.15, -0.1) is 0 Å². The number of nitrogens with one attached hydrogen (secondary N) is 1. The van der Waals surface area contributed by atoms with Gasteiger partial charge in [0.1, 0.15) is 6.04 Å². The lowest BCUT2D eigenvalue weighted by atomic mass is 10.1. The molecule has 0 radical (unpaired) electrons. The third-order valence-corrected chi connectivity index (χ3v) is 2.46. The number of amides is 1. The molecule has 1 amide bonds. The predicted octanol–water partition coefficient (Wildman–Crippen LogP) is 2.41. The molecule has 0 aliphatic heterocycles. The Hall–Kier alpha value is -1.06. The molecule has 0 saturated carbocycles. The zero-order valence-electron chi connectivity index (χ0n) is 11.3. The number of esters is 1. The van der Waals surface area contributed by atoms with E-state index in [4.69, 9.17) is 4.74 Å². The van der Waals surface area contributed by atoms with Crippen LogP contribution in [0.25, 0.3) is 0 Å². The first-order valence-electron chi connectivity index (χ1n) is 6.55. The lowest BCUT2D eigenvalue weighted by Gasteiger charge is -2.16. The van der Waals surface area contributed by atoms with Crippen LogP contribution in [0.5, 0.6) is 0 Å². The molecule has 0 heterocycles. The van der Waals surface area contributed by atoms with Gasteiger partial charge in [-0.1, -0.05) is 39.5 Å². The van der Waals surface area contributed by atoms with E-state index in [0.29, 0.717) is 13.0 Å². The third kappa shape index (κ3) is 8.72. The fraction of sp³-hybridized carbons (Fsp3) is 0.846. The van der Waals surface area contributed by atoms with Gasteiger partial charge in [0.05, 0.1) is 6.61 Å². The van der Waals surface area contributed by atoms with E-state index in [1.165, 1.54) is 6.92 Å². The average Bonchev–Trinajstić information content (AvgIpc) is 2.29. The topological polar surface area (TPSA) is 55.4 Å².